The third-order valence-corrected chi connectivity index (χ3v) is 2.25. The molecular formula is C4H11NZr. The molecule has 0 spiro atoms. The van der Waals surface area contributed by atoms with Gasteiger partial charge in [0.15, 0.2) is 0 Å². The van der Waals surface area contributed by atoms with E-state index < -0.39 is 0 Å². The molecular weight excluding hydrogens is 153 g/mol. The fourth-order valence-corrected chi connectivity index (χ4v) is 1.65. The van der Waals surface area contributed by atoms with Crippen LogP contribution in [0.2, 0.25) is 4.13 Å². The van der Waals surface area contributed by atoms with Crippen LogP contribution in [0.1, 0.15) is 19.8 Å². The summed E-state index contributed by atoms with van der Waals surface area (Å²) in [6, 6.07) is 0. The molecule has 36 valence electrons. The molecule has 1 nitrogen and oxygen atoms in total. The Hall–Kier alpha value is 0.843. The van der Waals surface area contributed by atoms with Gasteiger partial charge in [-0.3, -0.25) is 0 Å². The molecule has 0 rings (SSSR count). The molecule has 6 heavy (non-hydrogen) atoms. The Morgan fingerprint density at radius 2 is 2.33 bits per heavy atom. The first-order chi connectivity index (χ1) is 2.91. The Morgan fingerprint density at radius 1 is 1.67 bits per heavy atom. The van der Waals surface area contributed by atoms with E-state index in [1.807, 2.05) is 0 Å². The van der Waals surface area contributed by atoms with Crippen molar-refractivity contribution in [2.45, 2.75) is 23.9 Å². The minimum atomic E-state index is -0.310. The van der Waals surface area contributed by atoms with Crippen molar-refractivity contribution in [1.29, 1.82) is 0 Å². The summed E-state index contributed by atoms with van der Waals surface area (Å²) in [5.41, 5.74) is 0. The van der Waals surface area contributed by atoms with Crippen molar-refractivity contribution < 1.29 is 23.5 Å². The summed E-state index contributed by atoms with van der Waals surface area (Å²) in [6.07, 6.45) is 2.68. The zero-order valence-electron chi connectivity index (χ0n) is 4.20. The number of rotatable bonds is 3. The summed E-state index contributed by atoms with van der Waals surface area (Å²) in [4.78, 5) is 0. The molecule has 0 aliphatic heterocycles. The van der Waals surface area contributed by atoms with Crippen molar-refractivity contribution in [2.24, 2.45) is 3.68 Å². The molecule has 0 amide bonds. The summed E-state index contributed by atoms with van der Waals surface area (Å²) < 4.78 is 6.75. The van der Waals surface area contributed by atoms with Crippen LogP contribution in [0, 0.1) is 0 Å². The topological polar surface area (TPSA) is 26.0 Å². The number of hydrogen-bond acceptors (Lipinski definition) is 1. The quantitative estimate of drug-likeness (QED) is 0.623. The summed E-state index contributed by atoms with van der Waals surface area (Å²) in [7, 11) is 0. The molecule has 2 N–H and O–H groups in total. The summed E-state index contributed by atoms with van der Waals surface area (Å²) in [5.74, 6) is 0. The van der Waals surface area contributed by atoms with Crippen LogP contribution in [-0.4, -0.2) is 0 Å². The first-order valence-corrected chi connectivity index (χ1v) is 5.51. The Kier molecular flexibility index (Phi) is 6.66. The van der Waals surface area contributed by atoms with Crippen LogP contribution in [-0.2, 0) is 23.5 Å². The van der Waals surface area contributed by atoms with Crippen molar-refractivity contribution >= 4 is 0 Å². The Balaban J connectivity index is 2.34. The van der Waals surface area contributed by atoms with Gasteiger partial charge in [0.25, 0.3) is 0 Å². The van der Waals surface area contributed by atoms with Gasteiger partial charge in [0.1, 0.15) is 0 Å². The van der Waals surface area contributed by atoms with E-state index in [1.54, 1.807) is 0 Å². The van der Waals surface area contributed by atoms with Crippen molar-refractivity contribution in [2.75, 3.05) is 0 Å². The molecule has 0 fully saturated rings. The molecule has 2 heteroatoms. The average molecular weight is 164 g/mol. The van der Waals surface area contributed by atoms with E-state index in [0.29, 0.717) is 0 Å². The molecule has 0 radical (unpaired) electrons. The van der Waals surface area contributed by atoms with E-state index >= 15 is 0 Å². The molecule has 0 aliphatic carbocycles. The van der Waals surface area contributed by atoms with Gasteiger partial charge in [-0.15, -0.1) is 0 Å². The van der Waals surface area contributed by atoms with Crippen LogP contribution in [0.15, 0.2) is 0 Å². The Morgan fingerprint density at radius 3 is 2.50 bits per heavy atom. The van der Waals surface area contributed by atoms with E-state index in [0.717, 1.165) is 0 Å². The summed E-state index contributed by atoms with van der Waals surface area (Å²) in [5, 5.41) is 0. The van der Waals surface area contributed by atoms with Crippen molar-refractivity contribution in [1.82, 2.24) is 0 Å². The zero-order chi connectivity index (χ0) is 4.83. The van der Waals surface area contributed by atoms with Crippen LogP contribution in [0.4, 0.5) is 0 Å². The minimum absolute atomic E-state index is 0.310. The SMILES string of the molecule is CCC[CH2][Zr][NH2]. The van der Waals surface area contributed by atoms with E-state index in [2.05, 4.69) is 6.92 Å². The van der Waals surface area contributed by atoms with Gasteiger partial charge in [0.2, 0.25) is 0 Å². The van der Waals surface area contributed by atoms with E-state index in [1.165, 1.54) is 17.0 Å². The molecule has 0 saturated heterocycles. The average Bonchev–Trinajstić information content (AvgIpc) is 1.61. The predicted octanol–water partition coefficient (Wildman–Crippen LogP) is 1.16. The van der Waals surface area contributed by atoms with Crippen molar-refractivity contribution in [3.63, 3.8) is 0 Å². The first kappa shape index (κ1) is 6.84. The third kappa shape index (κ3) is 4.84. The molecule has 0 heterocycles. The van der Waals surface area contributed by atoms with Gasteiger partial charge < -0.3 is 0 Å². The van der Waals surface area contributed by atoms with Gasteiger partial charge in [-0.1, -0.05) is 0 Å². The van der Waals surface area contributed by atoms with Crippen LogP contribution < -0.4 is 3.68 Å². The van der Waals surface area contributed by atoms with Gasteiger partial charge in [-0.2, -0.15) is 0 Å². The zero-order valence-corrected chi connectivity index (χ0v) is 6.66. The van der Waals surface area contributed by atoms with E-state index in [9.17, 15) is 0 Å². The molecule has 0 aromatic carbocycles. The molecule has 0 aromatic heterocycles. The molecule has 0 aromatic rings. The molecule has 0 saturated carbocycles. The molecule has 0 unspecified atom stereocenters. The number of nitrogens with two attached hydrogens (primary N) is 1. The first-order valence-electron chi connectivity index (χ1n) is 2.35. The standard InChI is InChI=1S/C4H9.H2N.Zr/c1-3-4-2;;/h1,3-4H2,2H3;1H2;/q;-1;+1. The van der Waals surface area contributed by atoms with E-state index in [4.69, 9.17) is 3.68 Å². The van der Waals surface area contributed by atoms with Crippen LogP contribution in [0.5, 0.6) is 0 Å². The van der Waals surface area contributed by atoms with Crippen LogP contribution in [0.25, 0.3) is 0 Å². The van der Waals surface area contributed by atoms with Gasteiger partial charge in [0, 0.05) is 0 Å². The molecule has 0 bridgehead atoms. The Bertz CT molecular complexity index is 19.5. The Labute approximate surface area is 51.3 Å². The van der Waals surface area contributed by atoms with Gasteiger partial charge in [-0.25, -0.2) is 0 Å². The van der Waals surface area contributed by atoms with Gasteiger partial charge >= 0.3 is 51.1 Å². The van der Waals surface area contributed by atoms with E-state index in [-0.39, 0.29) is 23.5 Å². The third-order valence-electron chi connectivity index (χ3n) is 0.675. The summed E-state index contributed by atoms with van der Waals surface area (Å²) in [6.45, 7) is 2.20. The molecule has 0 atom stereocenters. The second kappa shape index (κ2) is 5.84. The fourth-order valence-electron chi connectivity index (χ4n) is 0.279. The van der Waals surface area contributed by atoms with Crippen LogP contribution >= 0.6 is 0 Å². The predicted molar refractivity (Wildman–Crippen MR) is 23.9 cm³/mol. The number of hydrogen-bond donors (Lipinski definition) is 1. The monoisotopic (exact) mass is 163 g/mol. The maximum atomic E-state index is 5.38. The fraction of sp³-hybridized carbons (Fsp3) is 1.00. The van der Waals surface area contributed by atoms with Gasteiger partial charge in [0.05, 0.1) is 0 Å². The molecule has 0 aliphatic rings. The second-order valence-electron chi connectivity index (χ2n) is 1.31. The maximum absolute atomic E-state index is 5.38. The number of unbranched alkanes of at least 4 members (excludes halogenated alkanes) is 1. The van der Waals surface area contributed by atoms with Crippen molar-refractivity contribution in [3.8, 4) is 0 Å². The van der Waals surface area contributed by atoms with Crippen LogP contribution in [0.3, 0.4) is 0 Å². The second-order valence-corrected chi connectivity index (χ2v) is 3.54. The van der Waals surface area contributed by atoms with Gasteiger partial charge in [-0.05, 0) is 0 Å². The van der Waals surface area contributed by atoms with Crippen molar-refractivity contribution in [3.05, 3.63) is 0 Å². The normalized spacial score (nSPS) is 8.33. The summed E-state index contributed by atoms with van der Waals surface area (Å²) >= 11 is -0.310.